The van der Waals surface area contributed by atoms with Gasteiger partial charge in [-0.05, 0) is 42.7 Å². The normalized spacial score (nSPS) is 15.5. The molecule has 0 radical (unpaired) electrons. The highest BCUT2D eigenvalue weighted by Crippen LogP contribution is 2.21. The summed E-state index contributed by atoms with van der Waals surface area (Å²) < 4.78 is 32.7. The number of methoxy groups -OCH3 is 1. The van der Waals surface area contributed by atoms with Crippen LogP contribution in [0.2, 0.25) is 0 Å². The Morgan fingerprint density at radius 2 is 1.68 bits per heavy atom. The van der Waals surface area contributed by atoms with E-state index in [0.717, 1.165) is 42.6 Å². The van der Waals surface area contributed by atoms with Crippen molar-refractivity contribution in [1.29, 1.82) is 0 Å². The summed E-state index contributed by atoms with van der Waals surface area (Å²) in [5.74, 6) is 0.597. The number of benzene rings is 2. The topological polar surface area (TPSA) is 66.9 Å². The maximum atomic E-state index is 12.9. The van der Waals surface area contributed by atoms with Gasteiger partial charge in [0.15, 0.2) is 0 Å². The smallest absolute Gasteiger partial charge is 0.246 e. The van der Waals surface area contributed by atoms with E-state index in [1.54, 1.807) is 53.7 Å². The van der Waals surface area contributed by atoms with E-state index < -0.39 is 10.0 Å². The highest BCUT2D eigenvalue weighted by molar-refractivity contribution is 7.89. The van der Waals surface area contributed by atoms with Gasteiger partial charge in [-0.3, -0.25) is 4.79 Å². The highest BCUT2D eigenvalue weighted by atomic mass is 32.2. The van der Waals surface area contributed by atoms with Crippen LogP contribution < -0.4 is 4.74 Å². The second-order valence-corrected chi connectivity index (χ2v) is 9.66. The van der Waals surface area contributed by atoms with Crippen LogP contribution in [0.5, 0.6) is 5.75 Å². The summed E-state index contributed by atoms with van der Waals surface area (Å²) in [6.45, 7) is 1.59. The SMILES string of the molecule is COc1ccccc1CN(C)C(=O)C=Cc1ccc(S(=O)(=O)N2CCCCCC2)cc1. The number of likely N-dealkylation sites (N-methyl/N-ethyl adjacent to an activating group) is 1. The molecule has 0 atom stereocenters. The fourth-order valence-corrected chi connectivity index (χ4v) is 5.16. The molecule has 1 fully saturated rings. The number of hydrogen-bond acceptors (Lipinski definition) is 4. The summed E-state index contributed by atoms with van der Waals surface area (Å²) in [4.78, 5) is 14.4. The van der Waals surface area contributed by atoms with E-state index in [-0.39, 0.29) is 5.91 Å². The monoisotopic (exact) mass is 442 g/mol. The summed E-state index contributed by atoms with van der Waals surface area (Å²) in [5.41, 5.74) is 1.70. The fourth-order valence-electron chi connectivity index (χ4n) is 3.64. The van der Waals surface area contributed by atoms with Crippen molar-refractivity contribution < 1.29 is 17.9 Å². The zero-order valence-corrected chi connectivity index (χ0v) is 19.0. The maximum Gasteiger partial charge on any atom is 0.246 e. The Bertz CT molecular complexity index is 1010. The molecule has 1 amide bonds. The van der Waals surface area contributed by atoms with Crippen molar-refractivity contribution in [2.75, 3.05) is 27.2 Å². The van der Waals surface area contributed by atoms with Gasteiger partial charge < -0.3 is 9.64 Å². The number of nitrogens with zero attached hydrogens (tertiary/aromatic N) is 2. The Kier molecular flexibility index (Phi) is 7.87. The lowest BCUT2D eigenvalue weighted by molar-refractivity contribution is -0.125. The molecular weight excluding hydrogens is 412 g/mol. The minimum atomic E-state index is -3.47. The maximum absolute atomic E-state index is 12.9. The number of carbonyl (C=O) groups is 1. The van der Waals surface area contributed by atoms with Crippen LogP contribution in [-0.2, 0) is 21.4 Å². The summed E-state index contributed by atoms with van der Waals surface area (Å²) in [5, 5.41) is 0. The first-order chi connectivity index (χ1) is 14.9. The molecule has 0 saturated carbocycles. The Labute approximate surface area is 185 Å². The van der Waals surface area contributed by atoms with Crippen LogP contribution in [0.3, 0.4) is 0 Å². The minimum absolute atomic E-state index is 0.146. The van der Waals surface area contributed by atoms with Crippen LogP contribution in [0.4, 0.5) is 0 Å². The van der Waals surface area contributed by atoms with Gasteiger partial charge in [0, 0.05) is 38.3 Å². The number of amides is 1. The molecule has 1 aliphatic rings. The Morgan fingerprint density at radius 1 is 1.03 bits per heavy atom. The summed E-state index contributed by atoms with van der Waals surface area (Å²) in [6.07, 6.45) is 7.16. The molecule has 2 aromatic rings. The van der Waals surface area contributed by atoms with E-state index in [1.807, 2.05) is 24.3 Å². The van der Waals surface area contributed by atoms with Gasteiger partial charge in [0.1, 0.15) is 5.75 Å². The molecule has 0 spiro atoms. The molecule has 0 aliphatic carbocycles. The van der Waals surface area contributed by atoms with Gasteiger partial charge in [-0.1, -0.05) is 43.2 Å². The predicted molar refractivity (Wildman–Crippen MR) is 122 cm³/mol. The largest absolute Gasteiger partial charge is 0.496 e. The first kappa shape index (κ1) is 23.0. The Balaban J connectivity index is 1.64. The van der Waals surface area contributed by atoms with Gasteiger partial charge in [-0.15, -0.1) is 0 Å². The molecule has 1 aliphatic heterocycles. The lowest BCUT2D eigenvalue weighted by atomic mass is 10.2. The second-order valence-electron chi connectivity index (χ2n) is 7.73. The van der Waals surface area contributed by atoms with Gasteiger partial charge in [0.05, 0.1) is 12.0 Å². The van der Waals surface area contributed by atoms with Crippen molar-refractivity contribution in [2.24, 2.45) is 0 Å². The molecule has 2 aromatic carbocycles. The zero-order chi connectivity index (χ0) is 22.3. The van der Waals surface area contributed by atoms with E-state index in [2.05, 4.69) is 0 Å². The van der Waals surface area contributed by atoms with Crippen molar-refractivity contribution in [3.63, 3.8) is 0 Å². The van der Waals surface area contributed by atoms with Crippen LogP contribution in [-0.4, -0.2) is 50.8 Å². The number of carbonyl (C=O) groups excluding carboxylic acids is 1. The van der Waals surface area contributed by atoms with Gasteiger partial charge >= 0.3 is 0 Å². The van der Waals surface area contributed by atoms with Crippen LogP contribution in [0.15, 0.2) is 59.5 Å². The summed E-state index contributed by atoms with van der Waals surface area (Å²) in [6, 6.07) is 14.3. The molecule has 6 nitrogen and oxygen atoms in total. The Hall–Kier alpha value is -2.64. The molecular formula is C24H30N2O4S. The molecule has 3 rings (SSSR count). The second kappa shape index (κ2) is 10.6. The first-order valence-corrected chi connectivity index (χ1v) is 12.0. The van der Waals surface area contributed by atoms with Crippen molar-refractivity contribution in [1.82, 2.24) is 9.21 Å². The van der Waals surface area contributed by atoms with E-state index in [1.165, 1.54) is 6.08 Å². The average molecular weight is 443 g/mol. The van der Waals surface area contributed by atoms with Crippen LogP contribution in [0.25, 0.3) is 6.08 Å². The predicted octanol–water partition coefficient (Wildman–Crippen LogP) is 3.93. The number of ether oxygens (including phenoxy) is 1. The lowest BCUT2D eigenvalue weighted by Gasteiger charge is -2.20. The fraction of sp³-hybridized carbons (Fsp3) is 0.375. The summed E-state index contributed by atoms with van der Waals surface area (Å²) in [7, 11) is -0.125. The highest BCUT2D eigenvalue weighted by Gasteiger charge is 2.24. The number of hydrogen-bond donors (Lipinski definition) is 0. The molecule has 0 aromatic heterocycles. The quantitative estimate of drug-likeness (QED) is 0.610. The van der Waals surface area contributed by atoms with Crippen LogP contribution in [0, 0.1) is 0 Å². The van der Waals surface area contributed by atoms with Crippen molar-refractivity contribution in [3.05, 3.63) is 65.7 Å². The molecule has 0 N–H and O–H groups in total. The molecule has 166 valence electrons. The average Bonchev–Trinajstić information content (AvgIpc) is 3.08. The number of sulfonamides is 1. The molecule has 7 heteroatoms. The molecule has 1 saturated heterocycles. The van der Waals surface area contributed by atoms with E-state index in [0.29, 0.717) is 24.5 Å². The molecule has 1 heterocycles. The number of para-hydroxylation sites is 1. The lowest BCUT2D eigenvalue weighted by Crippen LogP contribution is -2.31. The standard InChI is InChI=1S/C24H30N2O4S/c1-25(19-21-9-5-6-10-23(21)30-2)24(27)16-13-20-11-14-22(15-12-20)31(28,29)26-17-7-3-4-8-18-26/h5-6,9-16H,3-4,7-8,17-19H2,1-2H3. The van der Waals surface area contributed by atoms with Gasteiger partial charge in [-0.2, -0.15) is 4.31 Å². The third kappa shape index (κ3) is 5.95. The van der Waals surface area contributed by atoms with Gasteiger partial charge in [-0.25, -0.2) is 8.42 Å². The Morgan fingerprint density at radius 3 is 2.32 bits per heavy atom. The van der Waals surface area contributed by atoms with Crippen LogP contribution >= 0.6 is 0 Å². The van der Waals surface area contributed by atoms with Crippen molar-refractivity contribution in [3.8, 4) is 5.75 Å². The first-order valence-electron chi connectivity index (χ1n) is 10.6. The van der Waals surface area contributed by atoms with Crippen molar-refractivity contribution >= 4 is 22.0 Å². The van der Waals surface area contributed by atoms with E-state index in [9.17, 15) is 13.2 Å². The van der Waals surface area contributed by atoms with Crippen molar-refractivity contribution in [2.45, 2.75) is 37.1 Å². The molecule has 31 heavy (non-hydrogen) atoms. The third-order valence-corrected chi connectivity index (χ3v) is 7.39. The molecule has 0 unspecified atom stereocenters. The van der Waals surface area contributed by atoms with E-state index >= 15 is 0 Å². The van der Waals surface area contributed by atoms with E-state index in [4.69, 9.17) is 4.74 Å². The van der Waals surface area contributed by atoms with Gasteiger partial charge in [0.2, 0.25) is 15.9 Å². The number of rotatable bonds is 7. The summed E-state index contributed by atoms with van der Waals surface area (Å²) >= 11 is 0. The third-order valence-electron chi connectivity index (χ3n) is 5.48. The van der Waals surface area contributed by atoms with Crippen LogP contribution in [0.1, 0.15) is 36.8 Å². The zero-order valence-electron chi connectivity index (χ0n) is 18.2. The molecule has 0 bridgehead atoms. The van der Waals surface area contributed by atoms with Gasteiger partial charge in [0.25, 0.3) is 0 Å². The minimum Gasteiger partial charge on any atom is -0.496 e.